The number of aliphatic hydroxyl groups is 2. The lowest BCUT2D eigenvalue weighted by molar-refractivity contribution is -0.180. The molecule has 3 rings (SSSR count). The largest absolute Gasteiger partial charge is 0.388 e. The van der Waals surface area contributed by atoms with Crippen molar-refractivity contribution >= 4 is 5.91 Å². The van der Waals surface area contributed by atoms with Gasteiger partial charge in [0.15, 0.2) is 0 Å². The molecule has 1 aliphatic rings. The number of nitrogens with one attached hydrogen (secondary N) is 1. The summed E-state index contributed by atoms with van der Waals surface area (Å²) < 4.78 is 30.7. The van der Waals surface area contributed by atoms with Crippen molar-refractivity contribution in [3.05, 3.63) is 18.7 Å². The number of methoxy groups -OCH3 is 2. The Balaban J connectivity index is 1.20. The van der Waals surface area contributed by atoms with E-state index in [1.807, 2.05) is 11.6 Å². The Kier molecular flexibility index (Phi) is 11.9. The molecule has 14 heteroatoms. The van der Waals surface area contributed by atoms with E-state index >= 15 is 0 Å². The molecule has 2 aromatic rings. The van der Waals surface area contributed by atoms with E-state index in [1.54, 1.807) is 23.4 Å². The molecule has 0 bridgehead atoms. The Morgan fingerprint density at radius 1 is 1.00 bits per heavy atom. The highest BCUT2D eigenvalue weighted by Crippen LogP contribution is 2.29. The van der Waals surface area contributed by atoms with Crippen molar-refractivity contribution in [2.24, 2.45) is 13.0 Å². The molecule has 1 amide bonds. The minimum atomic E-state index is -1.21. The van der Waals surface area contributed by atoms with Crippen molar-refractivity contribution in [2.45, 2.75) is 37.4 Å². The van der Waals surface area contributed by atoms with E-state index in [0.29, 0.717) is 52.7 Å². The molecule has 1 saturated carbocycles. The first-order valence-electron chi connectivity index (χ1n) is 12.3. The lowest BCUT2D eigenvalue weighted by atomic mass is 9.80. The summed E-state index contributed by atoms with van der Waals surface area (Å²) in [4.78, 5) is 16.7. The van der Waals surface area contributed by atoms with Gasteiger partial charge < -0.3 is 43.8 Å². The van der Waals surface area contributed by atoms with Crippen LogP contribution in [0.25, 0.3) is 11.4 Å². The predicted octanol–water partition coefficient (Wildman–Crippen LogP) is -1.38. The summed E-state index contributed by atoms with van der Waals surface area (Å²) >= 11 is 0. The molecular weight excluding hydrogens is 488 g/mol. The molecule has 1 unspecified atom stereocenters. The van der Waals surface area contributed by atoms with E-state index < -0.39 is 30.3 Å². The van der Waals surface area contributed by atoms with Gasteiger partial charge >= 0.3 is 0 Å². The van der Waals surface area contributed by atoms with Gasteiger partial charge in [0.05, 0.1) is 88.7 Å². The molecule has 0 radical (unpaired) electrons. The Hall–Kier alpha value is -2.46. The highest BCUT2D eigenvalue weighted by atomic mass is 16.5. The maximum absolute atomic E-state index is 12.6. The van der Waals surface area contributed by atoms with Gasteiger partial charge in [-0.3, -0.25) is 4.79 Å². The molecule has 0 saturated heterocycles. The fourth-order valence-electron chi connectivity index (χ4n) is 4.27. The van der Waals surface area contributed by atoms with Crippen LogP contribution in [0.2, 0.25) is 0 Å². The van der Waals surface area contributed by atoms with Crippen molar-refractivity contribution in [1.29, 1.82) is 0 Å². The lowest BCUT2D eigenvalue weighted by Gasteiger charge is -2.40. The molecule has 37 heavy (non-hydrogen) atoms. The molecule has 1 fully saturated rings. The normalized spacial score (nSPS) is 23.9. The number of amides is 1. The minimum Gasteiger partial charge on any atom is -0.388 e. The summed E-state index contributed by atoms with van der Waals surface area (Å²) in [6.07, 6.45) is 1.69. The standard InChI is InChI=1S/C23H38N6O8/c1-28-15-24-13-17(28)18-14-26-27-29(18)5-7-36-9-11-37-10-8-35-6-4-25-23(32)16-12-19(33-2)20(30)21(31)22(16)34-3/h13-16,19-22,30-31H,4-12H2,1-3H3,(H,25,32)/t16?,19-,20-,21-,22-/m1/s1. The molecule has 1 aliphatic carbocycles. The van der Waals surface area contributed by atoms with Gasteiger partial charge in [0.1, 0.15) is 17.9 Å². The number of carbonyl (C=O) groups excluding carboxylic acids is 1. The minimum absolute atomic E-state index is 0.250. The smallest absolute Gasteiger partial charge is 0.226 e. The van der Waals surface area contributed by atoms with Crippen LogP contribution in [-0.4, -0.2) is 125 Å². The molecule has 0 spiro atoms. The van der Waals surface area contributed by atoms with Gasteiger partial charge in [-0.2, -0.15) is 0 Å². The SMILES string of the molecule is CO[C@@H]1C(C(=O)NCCOCCOCCOCCn2nncc2-c2cncn2C)C[C@@H](OC)[C@@H](O)[C@H]1O. The van der Waals surface area contributed by atoms with E-state index in [0.717, 1.165) is 11.4 Å². The molecule has 5 atom stereocenters. The van der Waals surface area contributed by atoms with Gasteiger partial charge in [-0.1, -0.05) is 5.21 Å². The number of imidazole rings is 1. The van der Waals surface area contributed by atoms with Crippen molar-refractivity contribution in [3.63, 3.8) is 0 Å². The fraction of sp³-hybridized carbons (Fsp3) is 0.739. The Bertz CT molecular complexity index is 940. The number of nitrogens with zero attached hydrogens (tertiary/aromatic N) is 5. The van der Waals surface area contributed by atoms with Crippen LogP contribution in [0.5, 0.6) is 0 Å². The predicted molar refractivity (Wildman–Crippen MR) is 129 cm³/mol. The van der Waals surface area contributed by atoms with Crippen molar-refractivity contribution < 1.29 is 38.7 Å². The summed E-state index contributed by atoms with van der Waals surface area (Å²) in [5.74, 6) is -0.918. The van der Waals surface area contributed by atoms with E-state index in [2.05, 4.69) is 20.6 Å². The van der Waals surface area contributed by atoms with Crippen molar-refractivity contribution in [3.8, 4) is 11.4 Å². The first kappa shape index (κ1) is 29.1. The van der Waals surface area contributed by atoms with Gasteiger partial charge in [0.25, 0.3) is 0 Å². The molecule has 208 valence electrons. The number of hydrogen-bond acceptors (Lipinski definition) is 11. The number of hydrogen-bond donors (Lipinski definition) is 3. The van der Waals surface area contributed by atoms with Crippen LogP contribution in [0.15, 0.2) is 18.7 Å². The maximum Gasteiger partial charge on any atom is 0.226 e. The first-order chi connectivity index (χ1) is 18.0. The number of carbonyl (C=O) groups is 1. The lowest BCUT2D eigenvalue weighted by Crippen LogP contribution is -2.58. The zero-order chi connectivity index (χ0) is 26.6. The molecule has 2 aromatic heterocycles. The average Bonchev–Trinajstić information content (AvgIpc) is 3.54. The van der Waals surface area contributed by atoms with Gasteiger partial charge in [0.2, 0.25) is 5.91 Å². The van der Waals surface area contributed by atoms with Crippen LogP contribution >= 0.6 is 0 Å². The summed E-state index contributed by atoms with van der Waals surface area (Å²) in [5.41, 5.74) is 1.81. The number of rotatable bonds is 16. The number of aliphatic hydroxyl groups excluding tert-OH is 2. The zero-order valence-electron chi connectivity index (χ0n) is 21.6. The van der Waals surface area contributed by atoms with Gasteiger partial charge in [-0.15, -0.1) is 5.10 Å². The molecular formula is C23H38N6O8. The maximum atomic E-state index is 12.6. The van der Waals surface area contributed by atoms with E-state index in [4.69, 9.17) is 23.7 Å². The van der Waals surface area contributed by atoms with Crippen LogP contribution in [0.1, 0.15) is 6.42 Å². The van der Waals surface area contributed by atoms with E-state index in [9.17, 15) is 15.0 Å². The zero-order valence-corrected chi connectivity index (χ0v) is 21.6. The van der Waals surface area contributed by atoms with E-state index in [-0.39, 0.29) is 12.3 Å². The number of ether oxygens (including phenoxy) is 5. The van der Waals surface area contributed by atoms with Crippen LogP contribution in [0, 0.1) is 5.92 Å². The summed E-state index contributed by atoms with van der Waals surface area (Å²) in [7, 11) is 4.75. The number of aryl methyl sites for hydroxylation is 1. The van der Waals surface area contributed by atoms with Crippen LogP contribution in [0.4, 0.5) is 0 Å². The Labute approximate surface area is 215 Å². The van der Waals surface area contributed by atoms with Crippen LogP contribution in [0.3, 0.4) is 0 Å². The second kappa shape index (κ2) is 15.1. The fourth-order valence-corrected chi connectivity index (χ4v) is 4.27. The van der Waals surface area contributed by atoms with E-state index in [1.165, 1.54) is 14.2 Å². The van der Waals surface area contributed by atoms with Gasteiger partial charge in [-0.05, 0) is 6.42 Å². The highest BCUT2D eigenvalue weighted by molar-refractivity contribution is 5.79. The third-order valence-electron chi connectivity index (χ3n) is 6.30. The molecule has 14 nitrogen and oxygen atoms in total. The second-order valence-corrected chi connectivity index (χ2v) is 8.66. The molecule has 0 aromatic carbocycles. The molecule has 3 N–H and O–H groups in total. The third kappa shape index (κ3) is 8.01. The topological polar surface area (TPSA) is 164 Å². The van der Waals surface area contributed by atoms with Gasteiger partial charge in [0, 0.05) is 27.8 Å². The molecule has 0 aliphatic heterocycles. The summed E-state index contributed by atoms with van der Waals surface area (Å²) in [6, 6.07) is 0. The first-order valence-corrected chi connectivity index (χ1v) is 12.3. The Morgan fingerprint density at radius 3 is 2.35 bits per heavy atom. The molecule has 2 heterocycles. The third-order valence-corrected chi connectivity index (χ3v) is 6.30. The number of aromatic nitrogens is 5. The summed E-state index contributed by atoms with van der Waals surface area (Å²) in [6.45, 7) is 3.30. The quantitative estimate of drug-likeness (QED) is 0.221. The highest BCUT2D eigenvalue weighted by Gasteiger charge is 2.46. The van der Waals surface area contributed by atoms with Crippen LogP contribution in [-0.2, 0) is 42.1 Å². The van der Waals surface area contributed by atoms with Crippen LogP contribution < -0.4 is 5.32 Å². The van der Waals surface area contributed by atoms with Crippen molar-refractivity contribution in [1.82, 2.24) is 29.9 Å². The monoisotopic (exact) mass is 526 g/mol. The van der Waals surface area contributed by atoms with Crippen molar-refractivity contribution in [2.75, 3.05) is 60.4 Å². The Morgan fingerprint density at radius 2 is 1.70 bits per heavy atom. The average molecular weight is 527 g/mol. The van der Waals surface area contributed by atoms with Gasteiger partial charge in [-0.25, -0.2) is 9.67 Å². The summed E-state index contributed by atoms with van der Waals surface area (Å²) in [5, 5.41) is 31.1. The second-order valence-electron chi connectivity index (χ2n) is 8.66.